The van der Waals surface area contributed by atoms with Gasteiger partial charge in [-0.2, -0.15) is 5.21 Å². The number of nitrogens with zero attached hydrogens (tertiary/aromatic N) is 4. The Bertz CT molecular complexity index is 1050. The highest BCUT2D eigenvalue weighted by atomic mass is 32.2. The summed E-state index contributed by atoms with van der Waals surface area (Å²) in [6.45, 7) is 3.56. The van der Waals surface area contributed by atoms with Crippen LogP contribution in [0.15, 0.2) is 45.4 Å². The number of amides is 1. The molecule has 0 spiro atoms. The topological polar surface area (TPSA) is 138 Å². The Labute approximate surface area is 195 Å². The summed E-state index contributed by atoms with van der Waals surface area (Å²) in [4.78, 5) is 38.3. The number of nitrogens with one attached hydrogen (secondary N) is 1. The van der Waals surface area contributed by atoms with Crippen molar-refractivity contribution in [2.24, 2.45) is 5.92 Å². The number of carbonyl (C=O) groups is 3. The van der Waals surface area contributed by atoms with E-state index in [2.05, 4.69) is 20.6 Å². The minimum atomic E-state index is -1.17. The van der Waals surface area contributed by atoms with Crippen LogP contribution in [-0.2, 0) is 25.5 Å². The van der Waals surface area contributed by atoms with Crippen LogP contribution in [-0.4, -0.2) is 64.5 Å². The number of carbonyl (C=O) groups excluding carboxylic acids is 2. The molecule has 13 heteroatoms. The second-order valence-corrected chi connectivity index (χ2v) is 11.4. The third kappa shape index (κ3) is 4.64. The number of H-pyrrole nitrogens is 1. The first kappa shape index (κ1) is 22.7. The van der Waals surface area contributed by atoms with Crippen molar-refractivity contribution in [3.63, 3.8) is 0 Å². The molecule has 1 saturated heterocycles. The molecule has 4 atom stereocenters. The number of tetrazole rings is 1. The first-order chi connectivity index (χ1) is 15.3. The van der Waals surface area contributed by atoms with Crippen molar-refractivity contribution in [2.45, 2.75) is 41.5 Å². The summed E-state index contributed by atoms with van der Waals surface area (Å²) in [5.74, 6) is -2.55. The van der Waals surface area contributed by atoms with Gasteiger partial charge in [0.1, 0.15) is 17.4 Å². The second kappa shape index (κ2) is 9.55. The van der Waals surface area contributed by atoms with Crippen molar-refractivity contribution in [1.82, 2.24) is 25.5 Å². The van der Waals surface area contributed by atoms with Crippen molar-refractivity contribution in [3.8, 4) is 0 Å². The third-order valence-corrected chi connectivity index (χ3v) is 8.60. The number of aliphatic carboxylic acids is 1. The van der Waals surface area contributed by atoms with E-state index in [1.54, 1.807) is 6.92 Å². The molecule has 32 heavy (non-hydrogen) atoms. The molecule has 0 bridgehead atoms. The van der Waals surface area contributed by atoms with Crippen molar-refractivity contribution in [3.05, 3.63) is 45.8 Å². The Hall–Kier alpha value is -2.51. The van der Waals surface area contributed by atoms with Gasteiger partial charge in [-0.1, -0.05) is 53.9 Å². The van der Waals surface area contributed by atoms with Gasteiger partial charge < -0.3 is 9.84 Å². The lowest BCUT2D eigenvalue weighted by atomic mass is 9.92. The number of thioether (sulfide) groups is 3. The lowest BCUT2D eigenvalue weighted by Crippen LogP contribution is -2.61. The van der Waals surface area contributed by atoms with Crippen LogP contribution in [0.4, 0.5) is 0 Å². The molecule has 1 aromatic carbocycles. The Morgan fingerprint density at radius 2 is 2.03 bits per heavy atom. The second-order valence-electron chi connectivity index (χ2n) is 7.04. The van der Waals surface area contributed by atoms with Gasteiger partial charge in [-0.25, -0.2) is 4.79 Å². The number of carboxylic acid groups (broad SMARTS) is 1. The first-order valence-electron chi connectivity index (χ1n) is 9.62. The maximum absolute atomic E-state index is 12.8. The number of aromatic nitrogens is 4. The van der Waals surface area contributed by atoms with E-state index in [9.17, 15) is 19.5 Å². The van der Waals surface area contributed by atoms with E-state index >= 15 is 0 Å². The van der Waals surface area contributed by atoms with Gasteiger partial charge in [0.2, 0.25) is 11.1 Å². The average Bonchev–Trinajstić information content (AvgIpc) is 3.34. The zero-order valence-corrected chi connectivity index (χ0v) is 19.4. The van der Waals surface area contributed by atoms with Crippen LogP contribution in [0.2, 0.25) is 0 Å². The van der Waals surface area contributed by atoms with Crippen LogP contribution in [0.25, 0.3) is 0 Å². The maximum atomic E-state index is 12.8. The summed E-state index contributed by atoms with van der Waals surface area (Å²) in [7, 11) is 0. The molecule has 2 aromatic rings. The zero-order chi connectivity index (χ0) is 22.8. The molecular weight excluding hydrogens is 474 g/mol. The van der Waals surface area contributed by atoms with Crippen molar-refractivity contribution >= 4 is 53.1 Å². The Kier molecular flexibility index (Phi) is 6.76. The highest BCUT2D eigenvalue weighted by Gasteiger charge is 2.59. The van der Waals surface area contributed by atoms with Gasteiger partial charge in [0.25, 0.3) is 0 Å². The molecule has 1 fully saturated rings. The highest BCUT2D eigenvalue weighted by Crippen LogP contribution is 2.55. The third-order valence-electron chi connectivity index (χ3n) is 4.83. The number of hydrogen-bond donors (Lipinski definition) is 2. The van der Waals surface area contributed by atoms with Gasteiger partial charge in [-0.05, 0) is 24.6 Å². The van der Waals surface area contributed by atoms with Crippen molar-refractivity contribution in [1.29, 1.82) is 0 Å². The lowest BCUT2D eigenvalue weighted by Gasteiger charge is -2.44. The lowest BCUT2D eigenvalue weighted by molar-refractivity contribution is -0.166. The zero-order valence-electron chi connectivity index (χ0n) is 17.0. The molecule has 0 saturated carbocycles. The predicted octanol–water partition coefficient (Wildman–Crippen LogP) is 2.33. The number of aromatic amines is 1. The van der Waals surface area contributed by atoms with Gasteiger partial charge in [-0.15, -0.1) is 22.0 Å². The van der Waals surface area contributed by atoms with E-state index in [1.165, 1.54) is 40.2 Å². The minimum absolute atomic E-state index is 0.0328. The standard InChI is InChI=1S/C19H19N5O5S3/c1-9(29-12(25)8-11-6-4-3-5-7-11)13-15(26)24-14(17(27)28)18(32-16(13)24)30-10(2)31-19-20-22-23-21-19/h3-7,9-10,13,16H,8H2,1-2H3,(H,27,28)(H,20,21,22,23)/t9-,10?,13+,16-/m1/s1. The van der Waals surface area contributed by atoms with Crippen molar-refractivity contribution < 1.29 is 24.2 Å². The predicted molar refractivity (Wildman–Crippen MR) is 119 cm³/mol. The molecule has 3 heterocycles. The number of hydrogen-bond acceptors (Lipinski definition) is 10. The number of ether oxygens (including phenoxy) is 1. The summed E-state index contributed by atoms with van der Waals surface area (Å²) in [5, 5.41) is 23.4. The highest BCUT2D eigenvalue weighted by molar-refractivity contribution is 8.28. The SMILES string of the molecule is CC(SC1=C(C(=O)O)N2C(=O)[C@H]([C@@H](C)OC(=O)Cc3ccccc3)[C@H]2S1)Sc1nn[nH]n1. The molecule has 2 N–H and O–H groups in total. The largest absolute Gasteiger partial charge is 0.477 e. The number of benzene rings is 1. The van der Waals surface area contributed by atoms with E-state index in [1.807, 2.05) is 37.3 Å². The molecule has 1 aromatic heterocycles. The van der Waals surface area contributed by atoms with Crippen LogP contribution in [0, 0.1) is 5.92 Å². The van der Waals surface area contributed by atoms with E-state index in [0.717, 1.165) is 5.56 Å². The van der Waals surface area contributed by atoms with E-state index in [0.29, 0.717) is 9.39 Å². The van der Waals surface area contributed by atoms with Gasteiger partial charge >= 0.3 is 11.9 Å². The summed E-state index contributed by atoms with van der Waals surface area (Å²) in [6.07, 6.45) is -0.559. The summed E-state index contributed by atoms with van der Waals surface area (Å²) >= 11 is 3.95. The van der Waals surface area contributed by atoms with Crippen LogP contribution < -0.4 is 0 Å². The molecule has 0 radical (unpaired) electrons. The van der Waals surface area contributed by atoms with Gasteiger partial charge in [0.15, 0.2) is 5.70 Å². The van der Waals surface area contributed by atoms with E-state index in [4.69, 9.17) is 4.74 Å². The number of esters is 1. The van der Waals surface area contributed by atoms with Crippen LogP contribution in [0.1, 0.15) is 19.4 Å². The molecule has 4 rings (SSSR count). The molecule has 2 aliphatic heterocycles. The molecule has 1 amide bonds. The molecular formula is C19H19N5O5S3. The Morgan fingerprint density at radius 3 is 2.69 bits per heavy atom. The summed E-state index contributed by atoms with van der Waals surface area (Å²) in [5.41, 5.74) is 0.790. The fourth-order valence-corrected chi connectivity index (χ4v) is 7.70. The molecule has 168 valence electrons. The number of carboxylic acids is 1. The van der Waals surface area contributed by atoms with Gasteiger partial charge in [0.05, 0.1) is 15.2 Å². The number of fused-ring (bicyclic) bond motifs is 1. The Balaban J connectivity index is 1.40. The summed E-state index contributed by atoms with van der Waals surface area (Å²) < 4.78 is 5.93. The molecule has 1 unspecified atom stereocenters. The number of rotatable bonds is 9. The first-order valence-corrected chi connectivity index (χ1v) is 12.3. The minimum Gasteiger partial charge on any atom is -0.477 e. The van der Waals surface area contributed by atoms with Crippen LogP contribution in [0.5, 0.6) is 0 Å². The molecule has 0 aliphatic carbocycles. The normalized spacial score (nSPS) is 21.7. The van der Waals surface area contributed by atoms with Gasteiger partial charge in [-0.3, -0.25) is 14.5 Å². The fraction of sp³-hybridized carbons (Fsp3) is 0.368. The Morgan fingerprint density at radius 1 is 1.28 bits per heavy atom. The van der Waals surface area contributed by atoms with Gasteiger partial charge in [0, 0.05) is 0 Å². The fourth-order valence-electron chi connectivity index (χ4n) is 3.43. The van der Waals surface area contributed by atoms with Crippen LogP contribution in [0.3, 0.4) is 0 Å². The molecule has 10 nitrogen and oxygen atoms in total. The monoisotopic (exact) mass is 493 g/mol. The quantitative estimate of drug-likeness (QED) is 0.230. The molecule has 2 aliphatic rings. The average molecular weight is 494 g/mol. The summed E-state index contributed by atoms with van der Waals surface area (Å²) in [6, 6.07) is 9.20. The van der Waals surface area contributed by atoms with E-state index in [-0.39, 0.29) is 22.6 Å². The van der Waals surface area contributed by atoms with Crippen molar-refractivity contribution in [2.75, 3.05) is 0 Å². The maximum Gasteiger partial charge on any atom is 0.354 e. The van der Waals surface area contributed by atoms with Crippen LogP contribution >= 0.6 is 35.3 Å². The number of β-lactam (4-membered cyclic amide) rings is 1. The van der Waals surface area contributed by atoms with E-state index < -0.39 is 29.3 Å². The smallest absolute Gasteiger partial charge is 0.354 e.